The van der Waals surface area contributed by atoms with Gasteiger partial charge >= 0.3 is 5.97 Å². The van der Waals surface area contributed by atoms with Crippen molar-refractivity contribution in [3.8, 4) is 39.5 Å². The number of hydrogen-bond acceptors (Lipinski definition) is 4. The molecule has 0 saturated heterocycles. The summed E-state index contributed by atoms with van der Waals surface area (Å²) in [6, 6.07) is 39.2. The van der Waals surface area contributed by atoms with Gasteiger partial charge in [-0.05, 0) is 107 Å². The highest BCUT2D eigenvalue weighted by molar-refractivity contribution is 5.91. The summed E-state index contributed by atoms with van der Waals surface area (Å²) in [6.07, 6.45) is 4.67. The number of methoxy groups -OCH3 is 1. The molecule has 5 aromatic rings. The summed E-state index contributed by atoms with van der Waals surface area (Å²) in [5, 5.41) is 9.27. The number of carbonyl (C=O) groups excluding carboxylic acids is 1. The number of benzene rings is 5. The summed E-state index contributed by atoms with van der Waals surface area (Å²) in [4.78, 5) is 12.3. The summed E-state index contributed by atoms with van der Waals surface area (Å²) >= 11 is 0. The molecule has 46 heavy (non-hydrogen) atoms. The topological polar surface area (TPSA) is 55.8 Å². The Hall–Kier alpha value is -4.83. The Morgan fingerprint density at radius 3 is 1.33 bits per heavy atom. The van der Waals surface area contributed by atoms with Gasteiger partial charge in [0.15, 0.2) is 0 Å². The van der Waals surface area contributed by atoms with Gasteiger partial charge in [-0.1, -0.05) is 113 Å². The Bertz CT molecular complexity index is 1620. The second kappa shape index (κ2) is 17.0. The maximum Gasteiger partial charge on any atom is 0.343 e. The van der Waals surface area contributed by atoms with Crippen LogP contribution in [0.25, 0.3) is 22.3 Å². The standard InChI is InChI=1S/C25H26O3.C17H20O/c1-4-18(2)17-19-5-7-20(8-6-19)21-9-15-24(16-10-21)28-25(26)22-11-13-23(27-3)14-12-22;1-3-13(2)12-14-4-6-15(7-5-14)16-8-10-17(18)11-9-16/h5-16,18H,4,17H2,1-3H3;4-11,13,18H,3,12H2,1-2H3. The Morgan fingerprint density at radius 2 is 0.935 bits per heavy atom. The van der Waals surface area contributed by atoms with Crippen LogP contribution in [0.5, 0.6) is 17.2 Å². The van der Waals surface area contributed by atoms with E-state index in [1.807, 2.05) is 36.4 Å². The number of phenolic OH excluding ortho intramolecular Hbond substituents is 1. The Labute approximate surface area is 274 Å². The number of esters is 1. The molecule has 5 aromatic carbocycles. The highest BCUT2D eigenvalue weighted by Crippen LogP contribution is 2.25. The monoisotopic (exact) mass is 614 g/mol. The van der Waals surface area contributed by atoms with Crippen LogP contribution in [0.4, 0.5) is 0 Å². The molecule has 0 bridgehead atoms. The number of ether oxygens (including phenoxy) is 2. The van der Waals surface area contributed by atoms with E-state index in [0.717, 1.165) is 35.4 Å². The third kappa shape index (κ3) is 10.1. The smallest absolute Gasteiger partial charge is 0.343 e. The highest BCUT2D eigenvalue weighted by atomic mass is 16.5. The van der Waals surface area contributed by atoms with Gasteiger partial charge in [0.05, 0.1) is 12.7 Å². The number of aromatic hydroxyl groups is 1. The quantitative estimate of drug-likeness (QED) is 0.119. The third-order valence-corrected chi connectivity index (χ3v) is 8.39. The van der Waals surface area contributed by atoms with Gasteiger partial charge < -0.3 is 14.6 Å². The molecule has 0 aliphatic rings. The number of rotatable bonds is 11. The predicted octanol–water partition coefficient (Wildman–Crippen LogP) is 10.8. The van der Waals surface area contributed by atoms with Gasteiger partial charge in [-0.15, -0.1) is 0 Å². The minimum Gasteiger partial charge on any atom is -0.508 e. The molecule has 2 atom stereocenters. The van der Waals surface area contributed by atoms with E-state index in [1.165, 1.54) is 29.5 Å². The van der Waals surface area contributed by atoms with Gasteiger partial charge in [-0.3, -0.25) is 0 Å². The van der Waals surface area contributed by atoms with Crippen LogP contribution >= 0.6 is 0 Å². The van der Waals surface area contributed by atoms with Crippen LogP contribution in [0.1, 0.15) is 62.0 Å². The van der Waals surface area contributed by atoms with Crippen LogP contribution in [0, 0.1) is 11.8 Å². The maximum absolute atomic E-state index is 12.3. The lowest BCUT2D eigenvalue weighted by atomic mass is 9.97. The molecule has 0 aliphatic carbocycles. The van der Waals surface area contributed by atoms with E-state index < -0.39 is 0 Å². The fourth-order valence-electron chi connectivity index (χ4n) is 5.02. The summed E-state index contributed by atoms with van der Waals surface area (Å²) in [5.74, 6) is 2.60. The second-order valence-electron chi connectivity index (χ2n) is 12.0. The third-order valence-electron chi connectivity index (χ3n) is 8.39. The first-order valence-electron chi connectivity index (χ1n) is 16.2. The molecule has 0 aromatic heterocycles. The van der Waals surface area contributed by atoms with E-state index >= 15 is 0 Å². The lowest BCUT2D eigenvalue weighted by molar-refractivity contribution is 0.0734. The lowest BCUT2D eigenvalue weighted by Crippen LogP contribution is -2.08. The van der Waals surface area contributed by atoms with Crippen LogP contribution < -0.4 is 9.47 Å². The molecule has 4 nitrogen and oxygen atoms in total. The molecule has 0 aliphatic heterocycles. The zero-order valence-corrected chi connectivity index (χ0v) is 27.7. The first kappa shape index (κ1) is 34.1. The van der Waals surface area contributed by atoms with Crippen molar-refractivity contribution < 1.29 is 19.4 Å². The van der Waals surface area contributed by atoms with Gasteiger partial charge in [0.1, 0.15) is 17.2 Å². The van der Waals surface area contributed by atoms with Crippen molar-refractivity contribution in [1.82, 2.24) is 0 Å². The van der Waals surface area contributed by atoms with Gasteiger partial charge in [0, 0.05) is 0 Å². The van der Waals surface area contributed by atoms with Crippen molar-refractivity contribution in [2.24, 2.45) is 11.8 Å². The summed E-state index contributed by atoms with van der Waals surface area (Å²) in [6.45, 7) is 9.02. The molecule has 238 valence electrons. The second-order valence-corrected chi connectivity index (χ2v) is 12.0. The maximum atomic E-state index is 12.3. The average Bonchev–Trinajstić information content (AvgIpc) is 3.10. The Balaban J connectivity index is 0.000000230. The van der Waals surface area contributed by atoms with Gasteiger partial charge in [-0.25, -0.2) is 4.79 Å². The predicted molar refractivity (Wildman–Crippen MR) is 190 cm³/mol. The Morgan fingerprint density at radius 1 is 0.565 bits per heavy atom. The molecular weight excluding hydrogens is 568 g/mol. The summed E-state index contributed by atoms with van der Waals surface area (Å²) < 4.78 is 10.6. The minimum absolute atomic E-state index is 0.312. The zero-order chi connectivity index (χ0) is 32.9. The minimum atomic E-state index is -0.384. The fourth-order valence-corrected chi connectivity index (χ4v) is 5.02. The Kier molecular flexibility index (Phi) is 12.6. The molecule has 0 amide bonds. The van der Waals surface area contributed by atoms with Gasteiger partial charge in [-0.2, -0.15) is 0 Å². The highest BCUT2D eigenvalue weighted by Gasteiger charge is 2.09. The molecule has 1 N–H and O–H groups in total. The van der Waals surface area contributed by atoms with Crippen molar-refractivity contribution in [1.29, 1.82) is 0 Å². The van der Waals surface area contributed by atoms with E-state index in [2.05, 4.69) is 76.2 Å². The zero-order valence-electron chi connectivity index (χ0n) is 27.7. The van der Waals surface area contributed by atoms with E-state index in [0.29, 0.717) is 28.7 Å². The molecule has 0 spiro atoms. The van der Waals surface area contributed by atoms with Crippen LogP contribution in [-0.4, -0.2) is 18.2 Å². The van der Waals surface area contributed by atoms with Crippen molar-refractivity contribution in [2.75, 3.05) is 7.11 Å². The van der Waals surface area contributed by atoms with Crippen molar-refractivity contribution in [3.05, 3.63) is 138 Å². The summed E-state index contributed by atoms with van der Waals surface area (Å²) in [7, 11) is 1.59. The van der Waals surface area contributed by atoms with E-state index in [9.17, 15) is 9.90 Å². The number of carbonyl (C=O) groups is 1. The average molecular weight is 615 g/mol. The number of phenols is 1. The van der Waals surface area contributed by atoms with Gasteiger partial charge in [0.2, 0.25) is 0 Å². The largest absolute Gasteiger partial charge is 0.508 e. The lowest BCUT2D eigenvalue weighted by Gasteiger charge is -2.10. The van der Waals surface area contributed by atoms with Crippen molar-refractivity contribution in [2.45, 2.75) is 53.4 Å². The van der Waals surface area contributed by atoms with Crippen molar-refractivity contribution in [3.63, 3.8) is 0 Å². The number of hydrogen-bond donors (Lipinski definition) is 1. The molecule has 0 heterocycles. The van der Waals surface area contributed by atoms with Crippen LogP contribution in [0.3, 0.4) is 0 Å². The summed E-state index contributed by atoms with van der Waals surface area (Å²) in [5.41, 5.74) is 7.84. The molecule has 2 unspecified atom stereocenters. The molecular formula is C42H46O4. The SMILES string of the molecule is CCC(C)Cc1ccc(-c2ccc(O)cc2)cc1.CCC(C)Cc1ccc(-c2ccc(OC(=O)c3ccc(OC)cc3)cc2)cc1. The van der Waals surface area contributed by atoms with E-state index in [4.69, 9.17) is 9.47 Å². The molecule has 0 radical (unpaired) electrons. The van der Waals surface area contributed by atoms with Crippen LogP contribution in [0.15, 0.2) is 121 Å². The van der Waals surface area contributed by atoms with E-state index in [-0.39, 0.29) is 5.97 Å². The molecule has 4 heteroatoms. The first-order chi connectivity index (χ1) is 22.3. The van der Waals surface area contributed by atoms with Crippen molar-refractivity contribution >= 4 is 5.97 Å². The molecule has 0 saturated carbocycles. The molecule has 0 fully saturated rings. The fraction of sp³-hybridized carbons (Fsp3) is 0.262. The molecule has 5 rings (SSSR count). The van der Waals surface area contributed by atoms with Crippen LogP contribution in [0.2, 0.25) is 0 Å². The van der Waals surface area contributed by atoms with E-state index in [1.54, 1.807) is 43.5 Å². The van der Waals surface area contributed by atoms with Gasteiger partial charge in [0.25, 0.3) is 0 Å². The normalized spacial score (nSPS) is 11.9. The first-order valence-corrected chi connectivity index (χ1v) is 16.2. The van der Waals surface area contributed by atoms with Crippen LogP contribution in [-0.2, 0) is 12.8 Å².